The van der Waals surface area contributed by atoms with Gasteiger partial charge < -0.3 is 14.8 Å². The molecule has 0 saturated heterocycles. The number of carbonyl (C=O) groups is 1. The first-order chi connectivity index (χ1) is 11.9. The normalized spacial score (nSPS) is 10.4. The number of carbonyl (C=O) groups excluding carboxylic acids is 1. The first-order valence-corrected chi connectivity index (χ1v) is 9.17. The van der Waals surface area contributed by atoms with Gasteiger partial charge in [-0.3, -0.25) is 0 Å². The molecule has 0 amide bonds. The Hall–Kier alpha value is -1.43. The summed E-state index contributed by atoms with van der Waals surface area (Å²) in [5.74, 6) is 0.176. The molecule has 2 aromatic carbocycles. The highest BCUT2D eigenvalue weighted by Gasteiger charge is 2.15. The van der Waals surface area contributed by atoms with Crippen LogP contribution in [0, 0.1) is 6.92 Å². The fourth-order valence-electron chi connectivity index (χ4n) is 2.25. The van der Waals surface area contributed by atoms with Crippen molar-refractivity contribution in [1.29, 1.82) is 0 Å². The Labute approximate surface area is 165 Å². The van der Waals surface area contributed by atoms with Gasteiger partial charge in [0.25, 0.3) is 0 Å². The zero-order valence-electron chi connectivity index (χ0n) is 13.9. The first kappa shape index (κ1) is 19.9. The van der Waals surface area contributed by atoms with Crippen LogP contribution in [0.5, 0.6) is 5.75 Å². The highest BCUT2D eigenvalue weighted by Crippen LogP contribution is 2.29. The maximum atomic E-state index is 11.9. The van der Waals surface area contributed by atoms with Gasteiger partial charge in [0, 0.05) is 22.1 Å². The topological polar surface area (TPSA) is 47.6 Å². The van der Waals surface area contributed by atoms with E-state index in [4.69, 9.17) is 32.7 Å². The molecule has 2 rings (SSSR count). The summed E-state index contributed by atoms with van der Waals surface area (Å²) < 4.78 is 11.3. The van der Waals surface area contributed by atoms with E-state index in [0.717, 1.165) is 10.0 Å². The molecule has 25 heavy (non-hydrogen) atoms. The molecule has 1 N–H and O–H groups in total. The summed E-state index contributed by atoms with van der Waals surface area (Å²) in [5.41, 5.74) is 2.17. The fraction of sp³-hybridized carbons (Fsp3) is 0.278. The number of methoxy groups -OCH3 is 1. The third kappa shape index (κ3) is 5.53. The van der Waals surface area contributed by atoms with Crippen LogP contribution in [-0.4, -0.2) is 26.2 Å². The molecule has 0 bridgehead atoms. The molecule has 0 aliphatic rings. The Balaban J connectivity index is 1.94. The van der Waals surface area contributed by atoms with Crippen LogP contribution in [0.15, 0.2) is 34.8 Å². The summed E-state index contributed by atoms with van der Waals surface area (Å²) >= 11 is 15.5. The molecule has 0 atom stereocenters. The second-order valence-electron chi connectivity index (χ2n) is 5.36. The number of ether oxygens (including phenoxy) is 2. The van der Waals surface area contributed by atoms with Gasteiger partial charge in [0.15, 0.2) is 0 Å². The van der Waals surface area contributed by atoms with Crippen LogP contribution >= 0.6 is 39.1 Å². The number of aryl methyl sites for hydroxylation is 1. The molecule has 0 saturated carbocycles. The van der Waals surface area contributed by atoms with E-state index in [2.05, 4.69) is 21.2 Å². The van der Waals surface area contributed by atoms with Gasteiger partial charge in [-0.1, -0.05) is 23.2 Å². The number of benzene rings is 2. The molecule has 0 spiro atoms. The number of halogens is 3. The highest BCUT2D eigenvalue weighted by atomic mass is 79.9. The van der Waals surface area contributed by atoms with Crippen molar-refractivity contribution in [3.05, 3.63) is 56.0 Å². The van der Waals surface area contributed by atoms with Gasteiger partial charge in [0.2, 0.25) is 0 Å². The monoisotopic (exact) mass is 445 g/mol. The standard InChI is InChI=1S/C18H18BrCl2NO3/c1-11-8-13(18(23)24-2)17(14(19)9-11)22-6-3-7-25-16-10-12(20)4-5-15(16)21/h4-5,8-10,22H,3,6-7H2,1-2H3. The minimum Gasteiger partial charge on any atom is -0.492 e. The van der Waals surface area contributed by atoms with Gasteiger partial charge in [-0.05, 0) is 59.1 Å². The number of rotatable bonds is 7. The van der Waals surface area contributed by atoms with Crippen molar-refractivity contribution in [3.63, 3.8) is 0 Å². The van der Waals surface area contributed by atoms with Gasteiger partial charge in [0.1, 0.15) is 5.75 Å². The van der Waals surface area contributed by atoms with E-state index < -0.39 is 0 Å². The van der Waals surface area contributed by atoms with Gasteiger partial charge >= 0.3 is 5.97 Å². The van der Waals surface area contributed by atoms with Crippen molar-refractivity contribution in [2.24, 2.45) is 0 Å². The van der Waals surface area contributed by atoms with Gasteiger partial charge in [-0.25, -0.2) is 4.79 Å². The van der Waals surface area contributed by atoms with Crippen LogP contribution < -0.4 is 10.1 Å². The molecular weight excluding hydrogens is 429 g/mol. The van der Waals surface area contributed by atoms with Crippen LogP contribution in [0.1, 0.15) is 22.3 Å². The molecule has 2 aromatic rings. The first-order valence-electron chi connectivity index (χ1n) is 7.62. The molecule has 0 heterocycles. The highest BCUT2D eigenvalue weighted by molar-refractivity contribution is 9.10. The maximum Gasteiger partial charge on any atom is 0.340 e. The summed E-state index contributed by atoms with van der Waals surface area (Å²) in [7, 11) is 1.37. The van der Waals surface area contributed by atoms with E-state index in [1.807, 2.05) is 13.0 Å². The van der Waals surface area contributed by atoms with E-state index in [1.165, 1.54) is 7.11 Å². The zero-order valence-corrected chi connectivity index (χ0v) is 17.0. The molecule has 7 heteroatoms. The molecule has 0 aliphatic heterocycles. The van der Waals surface area contributed by atoms with Crippen molar-refractivity contribution in [2.45, 2.75) is 13.3 Å². The summed E-state index contributed by atoms with van der Waals surface area (Å²) in [6, 6.07) is 8.83. The molecule has 4 nitrogen and oxygen atoms in total. The maximum absolute atomic E-state index is 11.9. The van der Waals surface area contributed by atoms with Crippen LogP contribution in [0.3, 0.4) is 0 Å². The third-order valence-electron chi connectivity index (χ3n) is 3.41. The third-order valence-corrected chi connectivity index (χ3v) is 4.59. The predicted molar refractivity (Wildman–Crippen MR) is 105 cm³/mol. The van der Waals surface area contributed by atoms with Gasteiger partial charge in [0.05, 0.1) is 30.0 Å². The van der Waals surface area contributed by atoms with Crippen molar-refractivity contribution in [2.75, 3.05) is 25.6 Å². The molecule has 0 aliphatic carbocycles. The van der Waals surface area contributed by atoms with Crippen LogP contribution in [0.2, 0.25) is 10.0 Å². The molecule has 0 radical (unpaired) electrons. The van der Waals surface area contributed by atoms with Crippen LogP contribution in [-0.2, 0) is 4.74 Å². The van der Waals surface area contributed by atoms with E-state index in [9.17, 15) is 4.79 Å². The second kappa shape index (κ2) is 9.32. The van der Waals surface area contributed by atoms with E-state index in [-0.39, 0.29) is 5.97 Å². The van der Waals surface area contributed by atoms with E-state index in [0.29, 0.717) is 46.6 Å². The van der Waals surface area contributed by atoms with Crippen LogP contribution in [0.4, 0.5) is 5.69 Å². The number of esters is 1. The van der Waals surface area contributed by atoms with Crippen molar-refractivity contribution in [3.8, 4) is 5.75 Å². The molecule has 0 aromatic heterocycles. The predicted octanol–water partition coefficient (Wildman–Crippen LogP) is 5.73. The number of nitrogens with one attached hydrogen (secondary N) is 1. The minimum absolute atomic E-state index is 0.381. The van der Waals surface area contributed by atoms with Crippen LogP contribution in [0.25, 0.3) is 0 Å². The largest absolute Gasteiger partial charge is 0.492 e. The number of hydrogen-bond donors (Lipinski definition) is 1. The average Bonchev–Trinajstić information content (AvgIpc) is 2.58. The minimum atomic E-state index is -0.381. The quantitative estimate of drug-likeness (QED) is 0.435. The Morgan fingerprint density at radius 1 is 1.24 bits per heavy atom. The molecule has 0 unspecified atom stereocenters. The number of anilines is 1. The fourth-order valence-corrected chi connectivity index (χ4v) is 3.30. The lowest BCUT2D eigenvalue weighted by Gasteiger charge is -2.14. The summed E-state index contributed by atoms with van der Waals surface area (Å²) in [4.78, 5) is 11.9. The Bertz CT molecular complexity index is 768. The SMILES string of the molecule is COC(=O)c1cc(C)cc(Br)c1NCCCOc1cc(Cl)ccc1Cl. The van der Waals surface area contributed by atoms with E-state index >= 15 is 0 Å². The van der Waals surface area contributed by atoms with Gasteiger partial charge in [-0.2, -0.15) is 0 Å². The summed E-state index contributed by atoms with van der Waals surface area (Å²) in [6.07, 6.45) is 0.712. The molecule has 134 valence electrons. The molecule has 0 fully saturated rings. The van der Waals surface area contributed by atoms with Crippen molar-refractivity contribution in [1.82, 2.24) is 0 Å². The molecular formula is C18H18BrCl2NO3. The number of hydrogen-bond acceptors (Lipinski definition) is 4. The Kier molecular flexibility index (Phi) is 7.41. The van der Waals surface area contributed by atoms with Crippen molar-refractivity contribution >= 4 is 50.8 Å². The Morgan fingerprint density at radius 3 is 2.72 bits per heavy atom. The second-order valence-corrected chi connectivity index (χ2v) is 7.06. The lowest BCUT2D eigenvalue weighted by Crippen LogP contribution is -2.12. The lowest BCUT2D eigenvalue weighted by atomic mass is 10.1. The lowest BCUT2D eigenvalue weighted by molar-refractivity contribution is 0.0601. The summed E-state index contributed by atoms with van der Waals surface area (Å²) in [5, 5.41) is 4.34. The summed E-state index contributed by atoms with van der Waals surface area (Å²) in [6.45, 7) is 3.00. The smallest absolute Gasteiger partial charge is 0.340 e. The Morgan fingerprint density at radius 2 is 2.00 bits per heavy atom. The zero-order chi connectivity index (χ0) is 18.4. The van der Waals surface area contributed by atoms with E-state index in [1.54, 1.807) is 24.3 Å². The van der Waals surface area contributed by atoms with Crippen molar-refractivity contribution < 1.29 is 14.3 Å². The average molecular weight is 447 g/mol. The van der Waals surface area contributed by atoms with Gasteiger partial charge in [-0.15, -0.1) is 0 Å².